The fourth-order valence-electron chi connectivity index (χ4n) is 2.57. The number of hydrogen-bond donors (Lipinski definition) is 1. The second-order valence-corrected chi connectivity index (χ2v) is 5.94. The molecule has 4 nitrogen and oxygen atoms in total. The lowest BCUT2D eigenvalue weighted by atomic mass is 9.94. The molecule has 0 aromatic heterocycles. The summed E-state index contributed by atoms with van der Waals surface area (Å²) in [5, 5.41) is 0. The highest BCUT2D eigenvalue weighted by atomic mass is 16.2. The predicted octanol–water partition coefficient (Wildman–Crippen LogP) is 1.30. The minimum atomic E-state index is -0.730. The van der Waals surface area contributed by atoms with Gasteiger partial charge in [0.2, 0.25) is 5.91 Å². The van der Waals surface area contributed by atoms with E-state index in [2.05, 4.69) is 18.7 Å². The van der Waals surface area contributed by atoms with Gasteiger partial charge in [-0.2, -0.15) is 0 Å². The van der Waals surface area contributed by atoms with Crippen molar-refractivity contribution in [1.29, 1.82) is 0 Å². The van der Waals surface area contributed by atoms with Gasteiger partial charge >= 0.3 is 0 Å². The molecule has 4 heteroatoms. The van der Waals surface area contributed by atoms with Crippen molar-refractivity contribution in [2.45, 2.75) is 46.1 Å². The van der Waals surface area contributed by atoms with E-state index >= 15 is 0 Å². The lowest BCUT2D eigenvalue weighted by Crippen LogP contribution is -2.53. The highest BCUT2D eigenvalue weighted by molar-refractivity contribution is 5.85. The molecule has 1 aliphatic heterocycles. The number of carbonyl (C=O) groups is 1. The van der Waals surface area contributed by atoms with Crippen LogP contribution in [0.2, 0.25) is 0 Å². The van der Waals surface area contributed by atoms with Gasteiger partial charge in [-0.3, -0.25) is 4.79 Å². The molecule has 0 bridgehead atoms. The lowest BCUT2D eigenvalue weighted by Gasteiger charge is -2.37. The molecule has 1 aliphatic rings. The molecule has 1 heterocycles. The minimum Gasteiger partial charge on any atom is -0.341 e. The molecule has 1 amide bonds. The summed E-state index contributed by atoms with van der Waals surface area (Å²) < 4.78 is 0. The van der Waals surface area contributed by atoms with Gasteiger partial charge in [-0.1, -0.05) is 13.8 Å². The summed E-state index contributed by atoms with van der Waals surface area (Å²) in [7, 11) is 0. The Morgan fingerprint density at radius 2 is 1.78 bits per heavy atom. The van der Waals surface area contributed by atoms with Crippen molar-refractivity contribution < 1.29 is 4.79 Å². The fraction of sp³-hybridized carbons (Fsp3) is 0.929. The van der Waals surface area contributed by atoms with E-state index in [9.17, 15) is 4.79 Å². The van der Waals surface area contributed by atoms with E-state index < -0.39 is 5.54 Å². The van der Waals surface area contributed by atoms with Crippen LogP contribution in [0.3, 0.4) is 0 Å². The van der Waals surface area contributed by atoms with Gasteiger partial charge in [0.1, 0.15) is 0 Å². The molecule has 0 unspecified atom stereocenters. The largest absolute Gasteiger partial charge is 0.341 e. The van der Waals surface area contributed by atoms with Crippen molar-refractivity contribution in [3.8, 4) is 0 Å². The van der Waals surface area contributed by atoms with Gasteiger partial charge in [0, 0.05) is 19.6 Å². The van der Waals surface area contributed by atoms with E-state index in [0.717, 1.165) is 44.9 Å². The summed E-state index contributed by atoms with van der Waals surface area (Å²) in [5.74, 6) is 0.818. The summed E-state index contributed by atoms with van der Waals surface area (Å²) in [5.41, 5.74) is 5.14. The summed E-state index contributed by atoms with van der Waals surface area (Å²) >= 11 is 0. The first-order valence-corrected chi connectivity index (χ1v) is 7.19. The predicted molar refractivity (Wildman–Crippen MR) is 75.4 cm³/mol. The van der Waals surface area contributed by atoms with Crippen LogP contribution < -0.4 is 5.73 Å². The molecular weight excluding hydrogens is 226 g/mol. The van der Waals surface area contributed by atoms with Crippen LogP contribution in [0, 0.1) is 5.92 Å². The third kappa shape index (κ3) is 4.25. The maximum atomic E-state index is 12.1. The minimum absolute atomic E-state index is 0.0868. The lowest BCUT2D eigenvalue weighted by molar-refractivity contribution is -0.137. The average molecular weight is 255 g/mol. The highest BCUT2D eigenvalue weighted by Crippen LogP contribution is 2.20. The second-order valence-electron chi connectivity index (χ2n) is 5.94. The molecule has 0 radical (unpaired) electrons. The van der Waals surface area contributed by atoms with Gasteiger partial charge in [-0.15, -0.1) is 0 Å². The van der Waals surface area contributed by atoms with Gasteiger partial charge in [0.25, 0.3) is 0 Å². The molecule has 0 aromatic carbocycles. The first-order valence-electron chi connectivity index (χ1n) is 7.19. The van der Waals surface area contributed by atoms with Crippen molar-refractivity contribution >= 4 is 5.91 Å². The van der Waals surface area contributed by atoms with Crippen molar-refractivity contribution in [3.05, 3.63) is 0 Å². The fourth-order valence-corrected chi connectivity index (χ4v) is 2.57. The second kappa shape index (κ2) is 6.53. The van der Waals surface area contributed by atoms with Crippen LogP contribution in [0.1, 0.15) is 40.5 Å². The van der Waals surface area contributed by atoms with Crippen LogP contribution in [0.25, 0.3) is 0 Å². The zero-order valence-electron chi connectivity index (χ0n) is 12.4. The number of carbonyl (C=O) groups excluding carboxylic acids is 1. The molecule has 0 saturated carbocycles. The Balaban J connectivity index is 2.39. The number of piperidine rings is 1. The Bertz CT molecular complexity index is 261. The summed E-state index contributed by atoms with van der Waals surface area (Å²) in [6.45, 7) is 13.1. The van der Waals surface area contributed by atoms with Crippen LogP contribution in [-0.2, 0) is 4.79 Å². The van der Waals surface area contributed by atoms with E-state index in [0.29, 0.717) is 0 Å². The Kier molecular flexibility index (Phi) is 5.60. The zero-order valence-corrected chi connectivity index (χ0v) is 12.4. The molecule has 0 aromatic rings. The Hall–Kier alpha value is -0.610. The van der Waals surface area contributed by atoms with E-state index in [1.165, 1.54) is 6.54 Å². The topological polar surface area (TPSA) is 49.6 Å². The third-order valence-corrected chi connectivity index (χ3v) is 3.86. The summed E-state index contributed by atoms with van der Waals surface area (Å²) in [4.78, 5) is 16.4. The Morgan fingerprint density at radius 3 is 2.17 bits per heavy atom. The molecule has 0 atom stereocenters. The van der Waals surface area contributed by atoms with E-state index in [1.807, 2.05) is 4.90 Å². The number of nitrogens with two attached hydrogens (primary N) is 1. The summed E-state index contributed by atoms with van der Waals surface area (Å²) in [6.07, 6.45) is 2.22. The average Bonchev–Trinajstić information content (AvgIpc) is 2.34. The molecule has 18 heavy (non-hydrogen) atoms. The number of nitrogens with zero attached hydrogens (tertiary/aromatic N) is 2. The van der Waals surface area contributed by atoms with Gasteiger partial charge in [-0.25, -0.2) is 0 Å². The van der Waals surface area contributed by atoms with Gasteiger partial charge < -0.3 is 15.5 Å². The quantitative estimate of drug-likeness (QED) is 0.805. The van der Waals surface area contributed by atoms with Crippen molar-refractivity contribution in [2.24, 2.45) is 11.7 Å². The van der Waals surface area contributed by atoms with Gasteiger partial charge in [0.05, 0.1) is 5.54 Å². The normalized spacial score (nSPS) is 18.4. The molecule has 106 valence electrons. The number of rotatable bonds is 5. The van der Waals surface area contributed by atoms with E-state index in [4.69, 9.17) is 5.73 Å². The molecule has 1 rings (SSSR count). The van der Waals surface area contributed by atoms with Crippen molar-refractivity contribution in [1.82, 2.24) is 9.80 Å². The van der Waals surface area contributed by atoms with Gasteiger partial charge in [0.15, 0.2) is 0 Å². The maximum absolute atomic E-state index is 12.1. The first-order chi connectivity index (χ1) is 8.38. The van der Waals surface area contributed by atoms with Crippen LogP contribution in [-0.4, -0.2) is 54.0 Å². The third-order valence-electron chi connectivity index (χ3n) is 3.86. The molecule has 2 N–H and O–H groups in total. The zero-order chi connectivity index (χ0) is 13.8. The Labute approximate surface area is 111 Å². The smallest absolute Gasteiger partial charge is 0.242 e. The molecule has 0 spiro atoms. The van der Waals surface area contributed by atoms with E-state index in [1.54, 1.807) is 13.8 Å². The maximum Gasteiger partial charge on any atom is 0.242 e. The van der Waals surface area contributed by atoms with Crippen molar-refractivity contribution in [2.75, 3.05) is 32.7 Å². The van der Waals surface area contributed by atoms with Gasteiger partial charge in [-0.05, 0) is 45.7 Å². The van der Waals surface area contributed by atoms with E-state index in [-0.39, 0.29) is 5.91 Å². The van der Waals surface area contributed by atoms with Crippen molar-refractivity contribution in [3.63, 3.8) is 0 Å². The van der Waals surface area contributed by atoms with Crippen LogP contribution >= 0.6 is 0 Å². The standard InChI is InChI=1S/C14H29N3O/c1-5-16(6-2)11-12-7-9-17(10-8-12)13(18)14(3,4)15/h12H,5-11,15H2,1-4H3. The molecular formula is C14H29N3O. The monoisotopic (exact) mass is 255 g/mol. The molecule has 0 aliphatic carbocycles. The van der Waals surface area contributed by atoms with Crippen LogP contribution in [0.15, 0.2) is 0 Å². The SMILES string of the molecule is CCN(CC)CC1CCN(C(=O)C(C)(C)N)CC1. The highest BCUT2D eigenvalue weighted by Gasteiger charge is 2.30. The number of likely N-dealkylation sites (tertiary alicyclic amines) is 1. The summed E-state index contributed by atoms with van der Waals surface area (Å²) in [6, 6.07) is 0. The molecule has 1 saturated heterocycles. The molecule has 1 fully saturated rings. The van der Waals surface area contributed by atoms with Crippen LogP contribution in [0.5, 0.6) is 0 Å². The van der Waals surface area contributed by atoms with Crippen LogP contribution in [0.4, 0.5) is 0 Å². The number of amides is 1. The number of hydrogen-bond acceptors (Lipinski definition) is 3. The first kappa shape index (κ1) is 15.4. The Morgan fingerprint density at radius 1 is 1.28 bits per heavy atom.